The highest BCUT2D eigenvalue weighted by Gasteiger charge is 2.33. The predicted octanol–water partition coefficient (Wildman–Crippen LogP) is 2.74. The van der Waals surface area contributed by atoms with Gasteiger partial charge in [0, 0.05) is 48.8 Å². The van der Waals surface area contributed by atoms with Crippen molar-refractivity contribution in [3.8, 4) is 0 Å². The highest BCUT2D eigenvalue weighted by molar-refractivity contribution is 14.2. The predicted molar refractivity (Wildman–Crippen MR) is 73.4 cm³/mol. The molecule has 14 heavy (non-hydrogen) atoms. The number of halogens is 2. The van der Waals surface area contributed by atoms with Crippen molar-refractivity contribution in [2.45, 2.75) is 24.7 Å². The van der Waals surface area contributed by atoms with Crippen molar-refractivity contribution >= 4 is 67.1 Å². The number of hydrogen-bond donors (Lipinski definition) is 0. The van der Waals surface area contributed by atoms with Gasteiger partial charge in [-0.2, -0.15) is 0 Å². The second-order valence-corrected chi connectivity index (χ2v) is 5.43. The van der Waals surface area contributed by atoms with Crippen LogP contribution in [0.25, 0.3) is 0 Å². The van der Waals surface area contributed by atoms with Crippen molar-refractivity contribution in [2.75, 3.05) is 6.61 Å². The van der Waals surface area contributed by atoms with Crippen molar-refractivity contribution in [2.24, 2.45) is 0 Å². The molecule has 0 bridgehead atoms. The number of carbonyl (C=O) groups excluding carboxylic acids is 1. The Morgan fingerprint density at radius 1 is 1.29 bits per heavy atom. The Bertz CT molecular complexity index is 185. The van der Waals surface area contributed by atoms with Gasteiger partial charge in [-0.25, -0.2) is 0 Å². The Labute approximate surface area is 115 Å². The van der Waals surface area contributed by atoms with Gasteiger partial charge in [0.05, 0.1) is 25.0 Å². The van der Waals surface area contributed by atoms with Crippen molar-refractivity contribution in [1.82, 2.24) is 0 Å². The van der Waals surface area contributed by atoms with Crippen LogP contribution >= 0.6 is 60.8 Å². The molecule has 0 saturated carbocycles. The molecule has 0 amide bonds. The first-order chi connectivity index (χ1) is 6.81. The quantitative estimate of drug-likeness (QED) is 0.356. The Morgan fingerprint density at radius 3 is 2.50 bits per heavy atom. The van der Waals surface area contributed by atoms with Gasteiger partial charge < -0.3 is 9.53 Å². The van der Waals surface area contributed by atoms with E-state index in [2.05, 4.69) is 0 Å². The van der Waals surface area contributed by atoms with Gasteiger partial charge >= 0.3 is 0 Å². The van der Waals surface area contributed by atoms with E-state index in [1.807, 2.05) is 42.4 Å². The van der Waals surface area contributed by atoms with Crippen LogP contribution in [0.5, 0.6) is 0 Å². The molecule has 0 radical (unpaired) electrons. The fourth-order valence-electron chi connectivity index (χ4n) is 1.15. The summed E-state index contributed by atoms with van der Waals surface area (Å²) in [5, 5.41) is 0. The molecule has 3 atom stereocenters. The molecular formula is C6H8I2O4S2. The van der Waals surface area contributed by atoms with Gasteiger partial charge in [0.1, 0.15) is 24.6 Å². The normalized spacial score (nSPS) is 32.9. The smallest absolute Gasteiger partial charge is 0.148 e. The highest BCUT2D eigenvalue weighted by atomic mass is 127. The van der Waals surface area contributed by atoms with Gasteiger partial charge in [0.2, 0.25) is 0 Å². The van der Waals surface area contributed by atoms with E-state index in [9.17, 15) is 4.79 Å². The van der Waals surface area contributed by atoms with Crippen LogP contribution in [0.4, 0.5) is 0 Å². The Morgan fingerprint density at radius 2 is 1.93 bits per heavy atom. The van der Waals surface area contributed by atoms with Crippen molar-refractivity contribution in [1.29, 1.82) is 0 Å². The van der Waals surface area contributed by atoms with Gasteiger partial charge in [0.15, 0.2) is 0 Å². The maximum atomic E-state index is 10.5. The average molecular weight is 462 g/mol. The van der Waals surface area contributed by atoms with E-state index < -0.39 is 0 Å². The third-order valence-corrected chi connectivity index (χ3v) is 3.71. The molecule has 0 aromatic rings. The Hall–Kier alpha value is 1.71. The molecule has 0 N–H and O–H groups in total. The maximum Gasteiger partial charge on any atom is 0.148 e. The summed E-state index contributed by atoms with van der Waals surface area (Å²) in [5.41, 5.74) is 0. The molecule has 0 aliphatic carbocycles. The SMILES string of the molecule is O=CC1CC(OSI)C(OSI)CO1. The number of ether oxygens (including phenoxy) is 1. The third kappa shape index (κ3) is 4.29. The monoisotopic (exact) mass is 462 g/mol. The fraction of sp³-hybridized carbons (Fsp3) is 0.833. The summed E-state index contributed by atoms with van der Waals surface area (Å²) in [7, 11) is 2.51. The lowest BCUT2D eigenvalue weighted by atomic mass is 10.1. The molecule has 0 aromatic carbocycles. The zero-order chi connectivity index (χ0) is 10.4. The maximum absolute atomic E-state index is 10.5. The van der Waals surface area contributed by atoms with Crippen LogP contribution in [0.1, 0.15) is 6.42 Å². The number of aldehydes is 1. The van der Waals surface area contributed by atoms with Gasteiger partial charge in [0.25, 0.3) is 0 Å². The van der Waals surface area contributed by atoms with Gasteiger partial charge in [-0.3, -0.25) is 8.37 Å². The van der Waals surface area contributed by atoms with E-state index in [-0.39, 0.29) is 18.3 Å². The average Bonchev–Trinajstić information content (AvgIpc) is 2.21. The van der Waals surface area contributed by atoms with Gasteiger partial charge in [-0.15, -0.1) is 0 Å². The second kappa shape index (κ2) is 7.90. The zero-order valence-electron chi connectivity index (χ0n) is 6.93. The summed E-state index contributed by atoms with van der Waals surface area (Å²) < 4.78 is 16.0. The number of carbonyl (C=O) groups is 1. The third-order valence-electron chi connectivity index (χ3n) is 1.83. The first-order valence-electron chi connectivity index (χ1n) is 3.76. The molecule has 3 unspecified atom stereocenters. The molecule has 8 heteroatoms. The topological polar surface area (TPSA) is 44.8 Å². The Kier molecular flexibility index (Phi) is 7.77. The summed E-state index contributed by atoms with van der Waals surface area (Å²) in [5.74, 6) is 0. The summed E-state index contributed by atoms with van der Waals surface area (Å²) in [6.45, 7) is 0.404. The number of hydrogen-bond acceptors (Lipinski definition) is 6. The first-order valence-corrected chi connectivity index (χ1v) is 10.3. The lowest BCUT2D eigenvalue weighted by Crippen LogP contribution is -2.42. The van der Waals surface area contributed by atoms with Crippen molar-refractivity contribution < 1.29 is 17.9 Å². The molecule has 82 valence electrons. The minimum atomic E-state index is -0.359. The minimum Gasteiger partial charge on any atom is -0.368 e. The second-order valence-electron chi connectivity index (χ2n) is 2.64. The molecule has 1 aliphatic heterocycles. The number of rotatable bonds is 5. The van der Waals surface area contributed by atoms with E-state index in [4.69, 9.17) is 13.1 Å². The van der Waals surface area contributed by atoms with Gasteiger partial charge in [-0.1, -0.05) is 0 Å². The molecule has 4 nitrogen and oxygen atoms in total. The molecule has 0 spiro atoms. The molecule has 1 fully saturated rings. The van der Waals surface area contributed by atoms with Crippen LogP contribution in [0.2, 0.25) is 0 Å². The standard InChI is InChI=1S/C6H8I2O4S2/c7-13-11-5-1-4(2-9)10-3-6(5)12-14-8/h2,4-6H,1,3H2. The van der Waals surface area contributed by atoms with E-state index in [0.29, 0.717) is 13.0 Å². The molecule has 1 aliphatic rings. The molecule has 1 heterocycles. The van der Waals surface area contributed by atoms with Crippen LogP contribution in [0.15, 0.2) is 0 Å². The lowest BCUT2D eigenvalue weighted by Gasteiger charge is -2.31. The summed E-state index contributed by atoms with van der Waals surface area (Å²) in [4.78, 5) is 10.5. The molecule has 0 aromatic heterocycles. The van der Waals surface area contributed by atoms with Crippen molar-refractivity contribution in [3.63, 3.8) is 0 Å². The van der Waals surface area contributed by atoms with Crippen LogP contribution < -0.4 is 0 Å². The molecular weight excluding hydrogens is 454 g/mol. The fourth-order valence-corrected chi connectivity index (χ4v) is 3.32. The summed E-state index contributed by atoms with van der Waals surface area (Å²) in [6, 6.07) is 0. The molecule has 1 saturated heterocycles. The highest BCUT2D eigenvalue weighted by Crippen LogP contribution is 2.29. The minimum absolute atomic E-state index is 0.0804. The first kappa shape index (κ1) is 13.8. The van der Waals surface area contributed by atoms with Crippen LogP contribution in [0.3, 0.4) is 0 Å². The van der Waals surface area contributed by atoms with Crippen molar-refractivity contribution in [3.05, 3.63) is 0 Å². The van der Waals surface area contributed by atoms with E-state index in [0.717, 1.165) is 6.29 Å². The summed E-state index contributed by atoms with van der Waals surface area (Å²) in [6.07, 6.45) is 0.823. The van der Waals surface area contributed by atoms with E-state index >= 15 is 0 Å². The van der Waals surface area contributed by atoms with E-state index in [1.165, 1.54) is 18.4 Å². The zero-order valence-corrected chi connectivity index (χ0v) is 12.9. The van der Waals surface area contributed by atoms with Crippen LogP contribution in [0, 0.1) is 0 Å². The van der Waals surface area contributed by atoms with Gasteiger partial charge in [-0.05, 0) is 0 Å². The van der Waals surface area contributed by atoms with E-state index in [1.54, 1.807) is 0 Å². The summed E-state index contributed by atoms with van der Waals surface area (Å²) >= 11 is 4.10. The van der Waals surface area contributed by atoms with Crippen LogP contribution in [-0.4, -0.2) is 31.2 Å². The molecule has 1 rings (SSSR count). The Balaban J connectivity index is 2.46. The lowest BCUT2D eigenvalue weighted by molar-refractivity contribution is -0.132. The van der Waals surface area contributed by atoms with Crippen LogP contribution in [-0.2, 0) is 17.9 Å². The largest absolute Gasteiger partial charge is 0.368 e.